The van der Waals surface area contributed by atoms with E-state index in [0.717, 1.165) is 68.4 Å². The minimum absolute atomic E-state index is 0.126. The van der Waals surface area contributed by atoms with Gasteiger partial charge in [-0.2, -0.15) is 10.2 Å². The molecule has 6 nitrogen and oxygen atoms in total. The van der Waals surface area contributed by atoms with Crippen LogP contribution in [-0.2, 0) is 0 Å². The maximum absolute atomic E-state index is 10.6. The maximum atomic E-state index is 10.6. The van der Waals surface area contributed by atoms with Crippen LogP contribution in [-0.4, -0.2) is 21.6 Å². The average Bonchev–Trinajstić information content (AvgIpc) is 3.55. The van der Waals surface area contributed by atoms with Gasteiger partial charge in [-0.1, -0.05) is 48.9 Å². The van der Waals surface area contributed by atoms with E-state index in [2.05, 4.69) is 10.9 Å². The van der Waals surface area contributed by atoms with Crippen LogP contribution in [0.3, 0.4) is 0 Å². The van der Waals surface area contributed by atoms with Gasteiger partial charge in [0.05, 0.1) is 11.4 Å². The molecule has 192 valence electrons. The summed E-state index contributed by atoms with van der Waals surface area (Å²) in [5, 5.41) is 31.7. The van der Waals surface area contributed by atoms with Crippen molar-refractivity contribution in [3.05, 3.63) is 69.0 Å². The molecule has 0 bridgehead atoms. The summed E-state index contributed by atoms with van der Waals surface area (Å²) in [4.78, 5) is 0. The van der Waals surface area contributed by atoms with Gasteiger partial charge in [0.2, 0.25) is 0 Å². The lowest BCUT2D eigenvalue weighted by atomic mass is 9.94. The van der Waals surface area contributed by atoms with Crippen LogP contribution in [0, 0.1) is 11.8 Å². The fourth-order valence-electron chi connectivity index (χ4n) is 5.06. The number of aromatic hydroxyl groups is 2. The minimum Gasteiger partial charge on any atom is -0.507 e. The van der Waals surface area contributed by atoms with Crippen molar-refractivity contribution in [1.82, 2.24) is 10.9 Å². The molecule has 2 aliphatic rings. The molecule has 0 radical (unpaired) electrons. The summed E-state index contributed by atoms with van der Waals surface area (Å²) in [6.45, 7) is 3.95. The smallest absolute Gasteiger partial charge is 0.138 e. The summed E-state index contributed by atoms with van der Waals surface area (Å²) >= 11 is 12.1. The van der Waals surface area contributed by atoms with Crippen LogP contribution in [0.2, 0.25) is 10.0 Å². The Kier molecular flexibility index (Phi) is 8.81. The number of benzene rings is 2. The van der Waals surface area contributed by atoms with E-state index in [1.54, 1.807) is 24.3 Å². The molecule has 0 unspecified atom stereocenters. The number of halogens is 2. The average molecular weight is 530 g/mol. The van der Waals surface area contributed by atoms with Crippen LogP contribution in [0.5, 0.6) is 11.5 Å². The van der Waals surface area contributed by atoms with Crippen molar-refractivity contribution < 1.29 is 10.2 Å². The van der Waals surface area contributed by atoms with Gasteiger partial charge in [-0.25, -0.2) is 0 Å². The number of allylic oxidation sites excluding steroid dienone is 1. The van der Waals surface area contributed by atoms with E-state index in [9.17, 15) is 10.2 Å². The van der Waals surface area contributed by atoms with Gasteiger partial charge in [0.15, 0.2) is 0 Å². The fourth-order valence-corrected chi connectivity index (χ4v) is 5.40. The first-order chi connectivity index (χ1) is 17.3. The van der Waals surface area contributed by atoms with Gasteiger partial charge in [0, 0.05) is 33.0 Å². The van der Waals surface area contributed by atoms with Crippen LogP contribution >= 0.6 is 23.2 Å². The van der Waals surface area contributed by atoms with Gasteiger partial charge in [-0.3, -0.25) is 10.9 Å². The van der Waals surface area contributed by atoms with E-state index in [0.29, 0.717) is 27.0 Å². The van der Waals surface area contributed by atoms with Crippen LogP contribution in [0.4, 0.5) is 0 Å². The van der Waals surface area contributed by atoms with Crippen LogP contribution < -0.4 is 10.9 Å². The molecule has 2 aliphatic carbocycles. The van der Waals surface area contributed by atoms with Crippen molar-refractivity contribution in [1.29, 1.82) is 0 Å². The number of phenols is 2. The number of hydrogen-bond donors (Lipinski definition) is 4. The van der Waals surface area contributed by atoms with E-state index < -0.39 is 0 Å². The second-order valence-corrected chi connectivity index (χ2v) is 10.8. The number of rotatable bonds is 8. The zero-order chi connectivity index (χ0) is 25.7. The van der Waals surface area contributed by atoms with Gasteiger partial charge in [0.25, 0.3) is 0 Å². The molecule has 0 aromatic heterocycles. The summed E-state index contributed by atoms with van der Waals surface area (Å²) in [5.41, 5.74) is 10.3. The third kappa shape index (κ3) is 6.34. The van der Waals surface area contributed by atoms with Crippen LogP contribution in [0.15, 0.2) is 58.0 Å². The van der Waals surface area contributed by atoms with Gasteiger partial charge >= 0.3 is 0 Å². The molecular weight excluding hydrogens is 495 g/mol. The summed E-state index contributed by atoms with van der Waals surface area (Å²) in [6.07, 6.45) is 8.69. The normalized spacial score (nSPS) is 17.4. The Hall–Kier alpha value is -2.70. The number of nitrogens with zero attached hydrogens (tertiary/aromatic N) is 2. The van der Waals surface area contributed by atoms with Gasteiger partial charge < -0.3 is 10.2 Å². The molecule has 0 spiro atoms. The molecule has 2 aromatic rings. The minimum atomic E-state index is 0.126. The number of hydrazone groups is 2. The van der Waals surface area contributed by atoms with Gasteiger partial charge in [0.1, 0.15) is 17.3 Å². The summed E-state index contributed by atoms with van der Waals surface area (Å²) in [7, 11) is 0. The predicted molar refractivity (Wildman–Crippen MR) is 148 cm³/mol. The summed E-state index contributed by atoms with van der Waals surface area (Å²) in [5.74, 6) is 1.42. The largest absolute Gasteiger partial charge is 0.507 e. The number of phenolic OH excluding ortho intramolecular Hbond substituents is 2. The zero-order valence-electron chi connectivity index (χ0n) is 20.8. The first-order valence-corrected chi connectivity index (χ1v) is 13.4. The van der Waals surface area contributed by atoms with Crippen molar-refractivity contribution in [3.8, 4) is 11.5 Å². The summed E-state index contributed by atoms with van der Waals surface area (Å²) < 4.78 is 0. The monoisotopic (exact) mass is 528 g/mol. The number of nitrogens with one attached hydrogen (secondary N) is 2. The molecule has 2 saturated carbocycles. The lowest BCUT2D eigenvalue weighted by Crippen LogP contribution is -2.26. The molecule has 36 heavy (non-hydrogen) atoms. The van der Waals surface area contributed by atoms with Crippen molar-refractivity contribution in [2.45, 2.75) is 65.2 Å². The molecule has 0 atom stereocenters. The highest BCUT2D eigenvalue weighted by molar-refractivity contribution is 6.31. The maximum Gasteiger partial charge on any atom is 0.138 e. The van der Waals surface area contributed by atoms with E-state index in [1.807, 2.05) is 26.0 Å². The molecule has 0 aliphatic heterocycles. The first-order valence-electron chi connectivity index (χ1n) is 12.7. The number of hydrogen-bond acceptors (Lipinski definition) is 6. The Morgan fingerprint density at radius 1 is 0.722 bits per heavy atom. The van der Waals surface area contributed by atoms with Crippen molar-refractivity contribution in [2.24, 2.45) is 22.0 Å². The van der Waals surface area contributed by atoms with E-state index in [4.69, 9.17) is 33.4 Å². The molecule has 0 saturated heterocycles. The quantitative estimate of drug-likeness (QED) is 0.213. The molecule has 2 fully saturated rings. The lowest BCUT2D eigenvalue weighted by molar-refractivity contribution is 0.472. The van der Waals surface area contributed by atoms with Crippen molar-refractivity contribution >= 4 is 34.6 Å². The van der Waals surface area contributed by atoms with Crippen LogP contribution in [0.1, 0.15) is 76.3 Å². The fraction of sp³-hybridized carbons (Fsp3) is 0.429. The highest BCUT2D eigenvalue weighted by Gasteiger charge is 2.26. The summed E-state index contributed by atoms with van der Waals surface area (Å²) in [6, 6.07) is 10.3. The Morgan fingerprint density at radius 3 is 1.44 bits per heavy atom. The first kappa shape index (κ1) is 26.4. The molecule has 4 rings (SSSR count). The zero-order valence-corrected chi connectivity index (χ0v) is 22.3. The molecule has 2 aromatic carbocycles. The molecular formula is C28H34Cl2N4O2. The second kappa shape index (κ2) is 12.0. The third-order valence-electron chi connectivity index (χ3n) is 7.03. The molecule has 8 heteroatoms. The lowest BCUT2D eigenvalue weighted by Gasteiger charge is -2.19. The predicted octanol–water partition coefficient (Wildman–Crippen LogP) is 7.32. The molecule has 4 N–H and O–H groups in total. The van der Waals surface area contributed by atoms with Crippen molar-refractivity contribution in [3.63, 3.8) is 0 Å². The molecule has 0 amide bonds. The Labute approximate surface area is 223 Å². The third-order valence-corrected chi connectivity index (χ3v) is 7.50. The second-order valence-electron chi connectivity index (χ2n) is 9.88. The Morgan fingerprint density at radius 2 is 1.11 bits per heavy atom. The van der Waals surface area contributed by atoms with Crippen LogP contribution in [0.25, 0.3) is 0 Å². The van der Waals surface area contributed by atoms with E-state index in [-0.39, 0.29) is 23.3 Å². The van der Waals surface area contributed by atoms with Crippen molar-refractivity contribution in [2.75, 3.05) is 0 Å². The van der Waals surface area contributed by atoms with Gasteiger partial charge in [-0.15, -0.1) is 0 Å². The van der Waals surface area contributed by atoms with E-state index in [1.165, 1.54) is 0 Å². The topological polar surface area (TPSA) is 89.2 Å². The SMILES string of the molecule is CC(C)=C(N/N=C(/c1ccc(Cl)cc1O)C1CCCC1)N/N=C(/c1ccc(Cl)cc1O)C1CCCC1. The highest BCUT2D eigenvalue weighted by atomic mass is 35.5. The Bertz CT molecular complexity index is 1090. The van der Waals surface area contributed by atoms with Gasteiger partial charge in [-0.05, 0) is 81.5 Å². The highest BCUT2D eigenvalue weighted by Crippen LogP contribution is 2.34. The Balaban J connectivity index is 1.63. The van der Waals surface area contributed by atoms with E-state index >= 15 is 0 Å². The standard InChI is InChI=1S/C28H34Cl2N4O2/c1-17(2)28(33-31-26(18-7-3-4-8-18)22-13-11-20(29)15-24(22)35)34-32-27(19-9-5-6-10-19)23-14-12-21(30)16-25(23)36/h11-16,18-19,33-36H,3-10H2,1-2H3/b31-26+,32-27+. The molecule has 0 heterocycles.